The van der Waals surface area contributed by atoms with Crippen LogP contribution in [-0.4, -0.2) is 12.3 Å². The van der Waals surface area contributed by atoms with Gasteiger partial charge < -0.3 is 15.0 Å². The van der Waals surface area contributed by atoms with Crippen molar-refractivity contribution in [2.45, 2.75) is 0 Å². The van der Waals surface area contributed by atoms with E-state index >= 15 is 0 Å². The summed E-state index contributed by atoms with van der Waals surface area (Å²) in [6.07, 6.45) is 0. The lowest BCUT2D eigenvalue weighted by Crippen LogP contribution is -1.93. The number of ether oxygens (including phenoxy) is 1. The molecule has 0 atom stereocenters. The molecule has 1 aromatic carbocycles. The summed E-state index contributed by atoms with van der Waals surface area (Å²) in [6.45, 7) is 0. The summed E-state index contributed by atoms with van der Waals surface area (Å²) in [5.41, 5.74) is 5.24. The first-order valence-corrected chi connectivity index (χ1v) is 4.37. The van der Waals surface area contributed by atoms with Crippen molar-refractivity contribution in [3.63, 3.8) is 0 Å². The normalized spacial score (nSPS) is 10.4. The number of nitrogen functional groups attached to an aromatic ring is 1. The highest BCUT2D eigenvalue weighted by molar-refractivity contribution is 5.63. The van der Waals surface area contributed by atoms with Crippen molar-refractivity contribution in [2.24, 2.45) is 0 Å². The predicted octanol–water partition coefficient (Wildman–Crippen LogP) is 2.21. The first-order chi connectivity index (χ1) is 7.61. The smallest absolute Gasteiger partial charge is 0.176 e. The summed E-state index contributed by atoms with van der Waals surface area (Å²) in [6, 6.07) is 3.23. The molecule has 0 aliphatic rings. The zero-order chi connectivity index (χ0) is 11.7. The van der Waals surface area contributed by atoms with Gasteiger partial charge in [-0.1, -0.05) is 5.16 Å². The number of benzene rings is 1. The average molecular weight is 226 g/mol. The monoisotopic (exact) mass is 226 g/mol. The van der Waals surface area contributed by atoms with Crippen molar-refractivity contribution in [2.75, 3.05) is 12.8 Å². The third-order valence-corrected chi connectivity index (χ3v) is 2.02. The zero-order valence-corrected chi connectivity index (χ0v) is 8.33. The minimum atomic E-state index is -0.722. The van der Waals surface area contributed by atoms with Gasteiger partial charge in [-0.2, -0.15) is 0 Å². The van der Waals surface area contributed by atoms with Crippen LogP contribution < -0.4 is 10.5 Å². The van der Waals surface area contributed by atoms with Crippen LogP contribution in [0.3, 0.4) is 0 Å². The summed E-state index contributed by atoms with van der Waals surface area (Å²) in [5, 5.41) is 3.39. The molecule has 2 aromatic rings. The second-order valence-corrected chi connectivity index (χ2v) is 3.09. The molecule has 0 unspecified atom stereocenters. The Bertz CT molecular complexity index is 526. The summed E-state index contributed by atoms with van der Waals surface area (Å²) >= 11 is 0. The SMILES string of the molecule is COc1cc(F)cc(-c2cc(N)no2)c1F. The van der Waals surface area contributed by atoms with E-state index in [1.54, 1.807) is 0 Å². The lowest BCUT2D eigenvalue weighted by Gasteiger charge is -2.05. The highest BCUT2D eigenvalue weighted by atomic mass is 19.1. The molecule has 0 amide bonds. The Kier molecular flexibility index (Phi) is 2.47. The minimum absolute atomic E-state index is 0.0489. The molecule has 0 spiro atoms. The quantitative estimate of drug-likeness (QED) is 0.852. The van der Waals surface area contributed by atoms with Crippen molar-refractivity contribution in [3.8, 4) is 17.1 Å². The van der Waals surface area contributed by atoms with E-state index in [0.717, 1.165) is 12.1 Å². The third kappa shape index (κ3) is 1.69. The molecule has 0 aliphatic carbocycles. The van der Waals surface area contributed by atoms with E-state index in [-0.39, 0.29) is 22.9 Å². The topological polar surface area (TPSA) is 61.3 Å². The standard InChI is InChI=1S/C10H8F2N2O2/c1-15-8-3-5(11)2-6(10(8)12)7-4-9(13)14-16-7/h2-4H,1H3,(H2,13,14). The average Bonchev–Trinajstić information content (AvgIpc) is 2.67. The Morgan fingerprint density at radius 2 is 2.06 bits per heavy atom. The number of anilines is 1. The van der Waals surface area contributed by atoms with E-state index in [2.05, 4.69) is 9.89 Å². The van der Waals surface area contributed by atoms with Gasteiger partial charge in [0.15, 0.2) is 23.1 Å². The number of hydrogen-bond donors (Lipinski definition) is 1. The largest absolute Gasteiger partial charge is 0.494 e. The number of methoxy groups -OCH3 is 1. The maximum Gasteiger partial charge on any atom is 0.176 e. The van der Waals surface area contributed by atoms with Crippen LogP contribution in [0.25, 0.3) is 11.3 Å². The lowest BCUT2D eigenvalue weighted by molar-refractivity contribution is 0.381. The molecular weight excluding hydrogens is 218 g/mol. The molecule has 0 saturated heterocycles. The maximum absolute atomic E-state index is 13.7. The Hall–Kier alpha value is -2.11. The van der Waals surface area contributed by atoms with Crippen LogP contribution in [0.15, 0.2) is 22.7 Å². The van der Waals surface area contributed by atoms with Crippen LogP contribution in [0.2, 0.25) is 0 Å². The maximum atomic E-state index is 13.7. The second kappa shape index (κ2) is 3.80. The summed E-state index contributed by atoms with van der Waals surface area (Å²) < 4.78 is 36.3. The van der Waals surface area contributed by atoms with Crippen molar-refractivity contribution in [1.29, 1.82) is 0 Å². The van der Waals surface area contributed by atoms with E-state index in [0.29, 0.717) is 0 Å². The Labute approximate surface area is 89.6 Å². The van der Waals surface area contributed by atoms with E-state index < -0.39 is 11.6 Å². The fourth-order valence-electron chi connectivity index (χ4n) is 1.31. The molecule has 6 heteroatoms. The van der Waals surface area contributed by atoms with Gasteiger partial charge in [0.25, 0.3) is 0 Å². The van der Waals surface area contributed by atoms with Gasteiger partial charge in [0, 0.05) is 12.1 Å². The Morgan fingerprint density at radius 1 is 1.31 bits per heavy atom. The van der Waals surface area contributed by atoms with Gasteiger partial charge in [-0.3, -0.25) is 0 Å². The molecule has 1 heterocycles. The second-order valence-electron chi connectivity index (χ2n) is 3.09. The van der Waals surface area contributed by atoms with Gasteiger partial charge in [-0.15, -0.1) is 0 Å². The fraction of sp³-hybridized carbons (Fsp3) is 0.100. The van der Waals surface area contributed by atoms with Gasteiger partial charge in [-0.05, 0) is 6.07 Å². The predicted molar refractivity (Wildman–Crippen MR) is 52.8 cm³/mol. The van der Waals surface area contributed by atoms with Crippen LogP contribution in [-0.2, 0) is 0 Å². The van der Waals surface area contributed by atoms with E-state index in [4.69, 9.17) is 10.3 Å². The highest BCUT2D eigenvalue weighted by Crippen LogP contribution is 2.31. The van der Waals surface area contributed by atoms with Crippen molar-refractivity contribution >= 4 is 5.82 Å². The van der Waals surface area contributed by atoms with Gasteiger partial charge >= 0.3 is 0 Å². The number of hydrogen-bond acceptors (Lipinski definition) is 4. The van der Waals surface area contributed by atoms with Crippen LogP contribution in [0.1, 0.15) is 0 Å². The molecule has 0 saturated carbocycles. The first-order valence-electron chi connectivity index (χ1n) is 4.37. The molecular formula is C10H8F2N2O2. The van der Waals surface area contributed by atoms with Gasteiger partial charge in [0.1, 0.15) is 5.82 Å². The number of halogens is 2. The Morgan fingerprint density at radius 3 is 2.62 bits per heavy atom. The van der Waals surface area contributed by atoms with Gasteiger partial charge in [0.2, 0.25) is 0 Å². The number of nitrogens with two attached hydrogens (primary N) is 1. The molecule has 2 N–H and O–H groups in total. The number of nitrogens with zero attached hydrogens (tertiary/aromatic N) is 1. The summed E-state index contributed by atoms with van der Waals surface area (Å²) in [5.74, 6) is -1.42. The van der Waals surface area contributed by atoms with Crippen molar-refractivity contribution in [3.05, 3.63) is 29.8 Å². The van der Waals surface area contributed by atoms with Crippen LogP contribution in [0.5, 0.6) is 5.75 Å². The third-order valence-electron chi connectivity index (χ3n) is 2.02. The molecule has 0 fully saturated rings. The van der Waals surface area contributed by atoms with Crippen molar-refractivity contribution in [1.82, 2.24) is 5.16 Å². The summed E-state index contributed by atoms with van der Waals surface area (Å²) in [4.78, 5) is 0. The minimum Gasteiger partial charge on any atom is -0.494 e. The van der Waals surface area contributed by atoms with Crippen molar-refractivity contribution < 1.29 is 18.0 Å². The van der Waals surface area contributed by atoms with E-state index in [1.165, 1.54) is 13.2 Å². The Balaban J connectivity index is 2.60. The van der Waals surface area contributed by atoms with Crippen LogP contribution in [0, 0.1) is 11.6 Å². The molecule has 0 bridgehead atoms. The van der Waals surface area contributed by atoms with E-state index in [9.17, 15) is 8.78 Å². The zero-order valence-electron chi connectivity index (χ0n) is 8.33. The molecule has 4 nitrogen and oxygen atoms in total. The number of rotatable bonds is 2. The van der Waals surface area contributed by atoms with E-state index in [1.807, 2.05) is 0 Å². The highest BCUT2D eigenvalue weighted by Gasteiger charge is 2.16. The fourth-order valence-corrected chi connectivity index (χ4v) is 1.31. The van der Waals surface area contributed by atoms with Crippen LogP contribution >= 0.6 is 0 Å². The lowest BCUT2D eigenvalue weighted by atomic mass is 10.1. The molecule has 2 rings (SSSR count). The molecule has 0 aliphatic heterocycles. The molecule has 0 radical (unpaired) electrons. The van der Waals surface area contributed by atoms with Crippen LogP contribution in [0.4, 0.5) is 14.6 Å². The molecule has 1 aromatic heterocycles. The summed E-state index contributed by atoms with van der Waals surface area (Å²) in [7, 11) is 1.25. The van der Waals surface area contributed by atoms with Gasteiger partial charge in [0.05, 0.1) is 12.7 Å². The molecule has 16 heavy (non-hydrogen) atoms. The first kappa shape index (κ1) is 10.4. The molecule has 84 valence electrons. The number of aromatic nitrogens is 1. The van der Waals surface area contributed by atoms with Gasteiger partial charge in [-0.25, -0.2) is 8.78 Å².